The van der Waals surface area contributed by atoms with Gasteiger partial charge in [-0.1, -0.05) is 36.8 Å². The van der Waals surface area contributed by atoms with E-state index in [9.17, 15) is 4.39 Å². The maximum atomic E-state index is 13.7. The number of hydrogen-bond donors (Lipinski definition) is 1. The summed E-state index contributed by atoms with van der Waals surface area (Å²) < 4.78 is 13.7. The maximum absolute atomic E-state index is 13.7. The lowest BCUT2D eigenvalue weighted by molar-refractivity contribution is 0.547. The minimum atomic E-state index is -0.110. The van der Waals surface area contributed by atoms with Crippen LogP contribution in [0.4, 0.5) is 4.39 Å². The molecule has 0 bridgehead atoms. The Hall–Kier alpha value is -1.15. The summed E-state index contributed by atoms with van der Waals surface area (Å²) in [5, 5.41) is 3.37. The second-order valence-electron chi connectivity index (χ2n) is 4.18. The van der Waals surface area contributed by atoms with Crippen LogP contribution in [-0.4, -0.2) is 6.54 Å². The summed E-state index contributed by atoms with van der Waals surface area (Å²) in [7, 11) is 0. The van der Waals surface area contributed by atoms with Crippen LogP contribution in [0.2, 0.25) is 0 Å². The van der Waals surface area contributed by atoms with E-state index >= 15 is 0 Å². The summed E-state index contributed by atoms with van der Waals surface area (Å²) >= 11 is 0. The fourth-order valence-corrected chi connectivity index (χ4v) is 2.31. The van der Waals surface area contributed by atoms with Crippen LogP contribution in [0.15, 0.2) is 35.9 Å². The van der Waals surface area contributed by atoms with Gasteiger partial charge in [0.1, 0.15) is 5.82 Å². The molecule has 0 fully saturated rings. The van der Waals surface area contributed by atoms with Crippen LogP contribution in [0.5, 0.6) is 0 Å². The number of hydrogen-bond acceptors (Lipinski definition) is 1. The molecular formula is C14H18FN. The zero-order valence-corrected chi connectivity index (χ0v) is 9.67. The summed E-state index contributed by atoms with van der Waals surface area (Å²) in [4.78, 5) is 0. The van der Waals surface area contributed by atoms with Gasteiger partial charge >= 0.3 is 0 Å². The highest BCUT2D eigenvalue weighted by Crippen LogP contribution is 2.31. The van der Waals surface area contributed by atoms with Crippen molar-refractivity contribution in [1.82, 2.24) is 5.32 Å². The lowest BCUT2D eigenvalue weighted by Crippen LogP contribution is -2.23. The van der Waals surface area contributed by atoms with Crippen molar-refractivity contribution in [2.75, 3.05) is 6.54 Å². The van der Waals surface area contributed by atoms with Crippen molar-refractivity contribution < 1.29 is 4.39 Å². The normalized spacial score (nSPS) is 17.2. The second-order valence-corrected chi connectivity index (χ2v) is 4.18. The Morgan fingerprint density at radius 2 is 2.19 bits per heavy atom. The number of benzene rings is 1. The summed E-state index contributed by atoms with van der Waals surface area (Å²) in [6, 6.07) is 7.12. The molecule has 1 aromatic rings. The lowest BCUT2D eigenvalue weighted by Gasteiger charge is -2.20. The van der Waals surface area contributed by atoms with Crippen LogP contribution in [0.1, 0.15) is 37.8 Å². The Balaban J connectivity index is 2.28. The highest BCUT2D eigenvalue weighted by molar-refractivity contribution is 5.30. The van der Waals surface area contributed by atoms with Gasteiger partial charge in [0.2, 0.25) is 0 Å². The Labute approximate surface area is 96.4 Å². The fourth-order valence-electron chi connectivity index (χ4n) is 2.31. The summed E-state index contributed by atoms with van der Waals surface area (Å²) in [6.45, 7) is 2.92. The van der Waals surface area contributed by atoms with Crippen molar-refractivity contribution in [3.05, 3.63) is 47.3 Å². The topological polar surface area (TPSA) is 12.0 Å². The quantitative estimate of drug-likeness (QED) is 0.763. The molecule has 0 spiro atoms. The minimum absolute atomic E-state index is 0.0636. The summed E-state index contributed by atoms with van der Waals surface area (Å²) in [6.07, 6.45) is 5.67. The van der Waals surface area contributed by atoms with E-state index in [-0.39, 0.29) is 11.9 Å². The first-order chi connectivity index (χ1) is 7.83. The molecule has 0 aromatic heterocycles. The van der Waals surface area contributed by atoms with Crippen molar-refractivity contribution in [1.29, 1.82) is 0 Å². The molecule has 2 rings (SSSR count). The van der Waals surface area contributed by atoms with E-state index in [0.717, 1.165) is 24.9 Å². The largest absolute Gasteiger partial charge is 0.307 e. The molecule has 0 amide bonds. The van der Waals surface area contributed by atoms with Gasteiger partial charge in [-0.2, -0.15) is 0 Å². The molecule has 1 aliphatic carbocycles. The van der Waals surface area contributed by atoms with Gasteiger partial charge in [-0.15, -0.1) is 0 Å². The van der Waals surface area contributed by atoms with Crippen LogP contribution in [0.25, 0.3) is 0 Å². The molecule has 1 nitrogen and oxygen atoms in total. The number of likely N-dealkylation sites (N-methyl/N-ethyl adjacent to an activating group) is 1. The molecule has 0 saturated carbocycles. The highest BCUT2D eigenvalue weighted by atomic mass is 19.1. The fraction of sp³-hybridized carbons (Fsp3) is 0.429. The molecule has 1 N–H and O–H groups in total. The highest BCUT2D eigenvalue weighted by Gasteiger charge is 2.20. The Kier molecular flexibility index (Phi) is 3.73. The van der Waals surface area contributed by atoms with E-state index in [0.29, 0.717) is 0 Å². The number of allylic oxidation sites excluding steroid dienone is 1. The Bertz CT molecular complexity index is 384. The van der Waals surface area contributed by atoms with Crippen molar-refractivity contribution in [2.45, 2.75) is 32.2 Å². The van der Waals surface area contributed by atoms with Crippen LogP contribution >= 0.6 is 0 Å². The molecule has 1 aromatic carbocycles. The Morgan fingerprint density at radius 1 is 1.38 bits per heavy atom. The predicted molar refractivity (Wildman–Crippen MR) is 64.8 cm³/mol. The van der Waals surface area contributed by atoms with Crippen LogP contribution in [-0.2, 0) is 0 Å². The first kappa shape index (κ1) is 11.3. The summed E-state index contributed by atoms with van der Waals surface area (Å²) in [5.41, 5.74) is 2.12. The van der Waals surface area contributed by atoms with Crippen molar-refractivity contribution in [3.63, 3.8) is 0 Å². The standard InChI is InChI=1S/C14H18FN/c1-2-16-14(11-7-3-4-8-11)12-9-5-6-10-13(12)15/h5-7,9-10,14,16H,2-4,8H2,1H3. The Morgan fingerprint density at radius 3 is 2.81 bits per heavy atom. The second kappa shape index (κ2) is 5.26. The molecule has 16 heavy (non-hydrogen) atoms. The molecule has 0 radical (unpaired) electrons. The molecule has 0 aliphatic heterocycles. The number of nitrogens with one attached hydrogen (secondary N) is 1. The molecule has 1 atom stereocenters. The average molecular weight is 219 g/mol. The third-order valence-corrected chi connectivity index (χ3v) is 3.07. The first-order valence-electron chi connectivity index (χ1n) is 5.99. The smallest absolute Gasteiger partial charge is 0.128 e. The SMILES string of the molecule is CCNC(C1=CCCC1)c1ccccc1F. The molecule has 0 heterocycles. The number of halogens is 1. The molecule has 1 aliphatic rings. The van der Waals surface area contributed by atoms with Gasteiger partial charge in [0.15, 0.2) is 0 Å². The van der Waals surface area contributed by atoms with E-state index in [1.807, 2.05) is 12.1 Å². The van der Waals surface area contributed by atoms with Crippen molar-refractivity contribution in [2.24, 2.45) is 0 Å². The molecule has 0 saturated heterocycles. The molecule has 2 heteroatoms. The molecule has 86 valence electrons. The van der Waals surface area contributed by atoms with Gasteiger partial charge in [0, 0.05) is 5.56 Å². The van der Waals surface area contributed by atoms with Gasteiger partial charge in [-0.25, -0.2) is 4.39 Å². The third kappa shape index (κ3) is 2.33. The number of rotatable bonds is 4. The van der Waals surface area contributed by atoms with E-state index in [4.69, 9.17) is 0 Å². The van der Waals surface area contributed by atoms with Gasteiger partial charge in [-0.3, -0.25) is 0 Å². The monoisotopic (exact) mass is 219 g/mol. The van der Waals surface area contributed by atoms with E-state index < -0.39 is 0 Å². The molecular weight excluding hydrogens is 201 g/mol. The minimum Gasteiger partial charge on any atom is -0.307 e. The molecule has 1 unspecified atom stereocenters. The van der Waals surface area contributed by atoms with Crippen LogP contribution < -0.4 is 5.32 Å². The predicted octanol–water partition coefficient (Wildman–Crippen LogP) is 3.59. The van der Waals surface area contributed by atoms with E-state index in [2.05, 4.69) is 18.3 Å². The third-order valence-electron chi connectivity index (χ3n) is 3.07. The lowest BCUT2D eigenvalue weighted by atomic mass is 9.97. The summed E-state index contributed by atoms with van der Waals surface area (Å²) in [5.74, 6) is -0.110. The van der Waals surface area contributed by atoms with Crippen LogP contribution in [0.3, 0.4) is 0 Å². The van der Waals surface area contributed by atoms with E-state index in [1.165, 1.54) is 18.1 Å². The van der Waals surface area contributed by atoms with Gasteiger partial charge in [-0.05, 0) is 31.9 Å². The van der Waals surface area contributed by atoms with Crippen molar-refractivity contribution >= 4 is 0 Å². The van der Waals surface area contributed by atoms with Gasteiger partial charge in [0.05, 0.1) is 6.04 Å². The van der Waals surface area contributed by atoms with Crippen molar-refractivity contribution in [3.8, 4) is 0 Å². The van der Waals surface area contributed by atoms with Gasteiger partial charge in [0.25, 0.3) is 0 Å². The zero-order chi connectivity index (χ0) is 11.4. The van der Waals surface area contributed by atoms with Crippen LogP contribution in [0, 0.1) is 5.82 Å². The van der Waals surface area contributed by atoms with Gasteiger partial charge < -0.3 is 5.32 Å². The average Bonchev–Trinajstić information content (AvgIpc) is 2.80. The zero-order valence-electron chi connectivity index (χ0n) is 9.67. The first-order valence-corrected chi connectivity index (χ1v) is 5.99. The maximum Gasteiger partial charge on any atom is 0.128 e. The van der Waals surface area contributed by atoms with E-state index in [1.54, 1.807) is 6.07 Å².